The van der Waals surface area contributed by atoms with Crippen LogP contribution in [0.4, 0.5) is 8.78 Å². The summed E-state index contributed by atoms with van der Waals surface area (Å²) in [5.74, 6) is -0.440. The van der Waals surface area contributed by atoms with Crippen molar-refractivity contribution in [1.82, 2.24) is 4.90 Å². The molecule has 0 aliphatic heterocycles. The second-order valence-corrected chi connectivity index (χ2v) is 6.25. The van der Waals surface area contributed by atoms with Crippen LogP contribution in [0.5, 0.6) is 0 Å². The standard InChI is InChI=1S/C16H23F2NO/c1-11-6-8-16(9-7-11,19(2)3)15(20)13-10-12(17)4-5-14(13)18/h4-5,10-11,15,20H,6-9H2,1-3H3. The van der Waals surface area contributed by atoms with Gasteiger partial charge in [-0.2, -0.15) is 0 Å². The number of aliphatic hydroxyl groups excluding tert-OH is 1. The summed E-state index contributed by atoms with van der Waals surface area (Å²) < 4.78 is 27.3. The van der Waals surface area contributed by atoms with E-state index >= 15 is 0 Å². The molecular formula is C16H23F2NO. The largest absolute Gasteiger partial charge is 0.386 e. The topological polar surface area (TPSA) is 23.5 Å². The predicted molar refractivity (Wildman–Crippen MR) is 75.4 cm³/mol. The van der Waals surface area contributed by atoms with Gasteiger partial charge in [0.2, 0.25) is 0 Å². The summed E-state index contributed by atoms with van der Waals surface area (Å²) >= 11 is 0. The van der Waals surface area contributed by atoms with Gasteiger partial charge in [-0.1, -0.05) is 6.92 Å². The lowest BCUT2D eigenvalue weighted by atomic mass is 9.71. The molecule has 0 saturated heterocycles. The van der Waals surface area contributed by atoms with Crippen LogP contribution >= 0.6 is 0 Å². The minimum Gasteiger partial charge on any atom is -0.386 e. The van der Waals surface area contributed by atoms with Crippen molar-refractivity contribution in [2.75, 3.05) is 14.1 Å². The van der Waals surface area contributed by atoms with Crippen molar-refractivity contribution in [3.8, 4) is 0 Å². The van der Waals surface area contributed by atoms with Crippen LogP contribution in [-0.4, -0.2) is 29.6 Å². The van der Waals surface area contributed by atoms with Crippen LogP contribution in [0.2, 0.25) is 0 Å². The van der Waals surface area contributed by atoms with Crippen LogP contribution in [0.25, 0.3) is 0 Å². The second-order valence-electron chi connectivity index (χ2n) is 6.25. The van der Waals surface area contributed by atoms with Crippen molar-refractivity contribution in [2.24, 2.45) is 5.92 Å². The van der Waals surface area contributed by atoms with Crippen molar-refractivity contribution in [1.29, 1.82) is 0 Å². The van der Waals surface area contributed by atoms with Gasteiger partial charge in [-0.05, 0) is 63.9 Å². The first-order valence-corrected chi connectivity index (χ1v) is 7.17. The van der Waals surface area contributed by atoms with Crippen LogP contribution in [0.15, 0.2) is 18.2 Å². The zero-order valence-corrected chi connectivity index (χ0v) is 12.4. The van der Waals surface area contributed by atoms with Crippen LogP contribution in [0.1, 0.15) is 44.3 Å². The van der Waals surface area contributed by atoms with Gasteiger partial charge in [-0.25, -0.2) is 8.78 Å². The zero-order chi connectivity index (χ0) is 14.9. The fourth-order valence-corrected chi connectivity index (χ4v) is 3.24. The average Bonchev–Trinajstić information content (AvgIpc) is 2.41. The smallest absolute Gasteiger partial charge is 0.129 e. The van der Waals surface area contributed by atoms with Gasteiger partial charge in [0.1, 0.15) is 17.7 Å². The summed E-state index contributed by atoms with van der Waals surface area (Å²) in [5, 5.41) is 10.7. The molecule has 1 aromatic rings. The minimum atomic E-state index is -1.01. The lowest BCUT2D eigenvalue weighted by molar-refractivity contribution is -0.0425. The van der Waals surface area contributed by atoms with Crippen molar-refractivity contribution < 1.29 is 13.9 Å². The first-order chi connectivity index (χ1) is 9.36. The summed E-state index contributed by atoms with van der Waals surface area (Å²) in [6.45, 7) is 2.19. The molecule has 0 spiro atoms. The number of hydrogen-bond acceptors (Lipinski definition) is 2. The van der Waals surface area contributed by atoms with Gasteiger partial charge in [0.25, 0.3) is 0 Å². The molecule has 0 bridgehead atoms. The first kappa shape index (κ1) is 15.4. The fraction of sp³-hybridized carbons (Fsp3) is 0.625. The number of hydrogen-bond donors (Lipinski definition) is 1. The molecule has 0 radical (unpaired) electrons. The molecule has 1 aliphatic rings. The van der Waals surface area contributed by atoms with E-state index in [1.54, 1.807) is 0 Å². The molecule has 0 heterocycles. The van der Waals surface area contributed by atoms with Gasteiger partial charge in [-0.15, -0.1) is 0 Å². The van der Waals surface area contributed by atoms with Crippen molar-refractivity contribution >= 4 is 0 Å². The Labute approximate surface area is 119 Å². The lowest BCUT2D eigenvalue weighted by Crippen LogP contribution is -2.51. The third kappa shape index (κ3) is 2.72. The Kier molecular flexibility index (Phi) is 4.45. The van der Waals surface area contributed by atoms with Crippen LogP contribution in [0.3, 0.4) is 0 Å². The van der Waals surface area contributed by atoms with E-state index in [1.165, 1.54) is 0 Å². The normalized spacial score (nSPS) is 28.6. The van der Waals surface area contributed by atoms with Gasteiger partial charge >= 0.3 is 0 Å². The number of likely N-dealkylation sites (N-methyl/N-ethyl adjacent to an activating group) is 1. The number of halogens is 2. The van der Waals surface area contributed by atoms with E-state index in [0.717, 1.165) is 43.9 Å². The Bertz CT molecular complexity index is 468. The van der Waals surface area contributed by atoms with Crippen molar-refractivity contribution in [2.45, 2.75) is 44.2 Å². The first-order valence-electron chi connectivity index (χ1n) is 7.17. The van der Waals surface area contributed by atoms with E-state index in [9.17, 15) is 13.9 Å². The second kappa shape index (κ2) is 5.78. The highest BCUT2D eigenvalue weighted by Crippen LogP contribution is 2.44. The molecule has 1 aliphatic carbocycles. The fourth-order valence-electron chi connectivity index (χ4n) is 3.24. The number of benzene rings is 1. The van der Waals surface area contributed by atoms with Crippen LogP contribution in [-0.2, 0) is 0 Å². The monoisotopic (exact) mass is 283 g/mol. The maximum atomic E-state index is 13.9. The van der Waals surface area contributed by atoms with E-state index in [4.69, 9.17) is 0 Å². The predicted octanol–water partition coefficient (Wildman–Crippen LogP) is 3.51. The van der Waals surface area contributed by atoms with E-state index < -0.39 is 23.3 Å². The Morgan fingerprint density at radius 2 is 1.85 bits per heavy atom. The Morgan fingerprint density at radius 1 is 1.25 bits per heavy atom. The summed E-state index contributed by atoms with van der Waals surface area (Å²) in [5.41, 5.74) is -0.450. The number of rotatable bonds is 3. The van der Waals surface area contributed by atoms with Crippen molar-refractivity contribution in [3.05, 3.63) is 35.4 Å². The molecule has 1 N–H and O–H groups in total. The van der Waals surface area contributed by atoms with Crippen molar-refractivity contribution in [3.63, 3.8) is 0 Å². The maximum Gasteiger partial charge on any atom is 0.129 e. The van der Waals surface area contributed by atoms with Gasteiger partial charge in [0.15, 0.2) is 0 Å². The van der Waals surface area contributed by atoms with E-state index in [-0.39, 0.29) is 5.56 Å². The summed E-state index contributed by atoms with van der Waals surface area (Å²) in [7, 11) is 3.80. The van der Waals surface area contributed by atoms with Crippen LogP contribution < -0.4 is 0 Å². The zero-order valence-electron chi connectivity index (χ0n) is 12.4. The minimum absolute atomic E-state index is 0.0632. The quantitative estimate of drug-likeness (QED) is 0.917. The molecule has 112 valence electrons. The Hall–Kier alpha value is -1.00. The average molecular weight is 283 g/mol. The molecule has 0 aromatic heterocycles. The summed E-state index contributed by atoms with van der Waals surface area (Å²) in [4.78, 5) is 1.97. The summed E-state index contributed by atoms with van der Waals surface area (Å²) in [6, 6.07) is 3.28. The molecule has 2 rings (SSSR count). The third-order valence-electron chi connectivity index (χ3n) is 4.79. The highest BCUT2D eigenvalue weighted by molar-refractivity contribution is 5.25. The Morgan fingerprint density at radius 3 is 2.40 bits per heavy atom. The molecule has 2 nitrogen and oxygen atoms in total. The Balaban J connectivity index is 2.36. The third-order valence-corrected chi connectivity index (χ3v) is 4.79. The van der Waals surface area contributed by atoms with Gasteiger partial charge in [0.05, 0.1) is 5.54 Å². The SMILES string of the molecule is CC1CCC(C(O)c2cc(F)ccc2F)(N(C)C)CC1. The van der Waals surface area contributed by atoms with E-state index in [0.29, 0.717) is 5.92 Å². The highest BCUT2D eigenvalue weighted by Gasteiger charge is 2.44. The molecule has 0 amide bonds. The van der Waals surface area contributed by atoms with Gasteiger partial charge in [-0.3, -0.25) is 0 Å². The summed E-state index contributed by atoms with van der Waals surface area (Å²) in [6.07, 6.45) is 2.55. The molecule has 1 atom stereocenters. The van der Waals surface area contributed by atoms with E-state index in [1.807, 2.05) is 19.0 Å². The van der Waals surface area contributed by atoms with Crippen LogP contribution in [0, 0.1) is 17.6 Å². The molecular weight excluding hydrogens is 260 g/mol. The number of aliphatic hydroxyl groups is 1. The van der Waals surface area contributed by atoms with Gasteiger partial charge in [0, 0.05) is 5.56 Å². The molecule has 20 heavy (non-hydrogen) atoms. The molecule has 1 fully saturated rings. The molecule has 4 heteroatoms. The van der Waals surface area contributed by atoms with Gasteiger partial charge < -0.3 is 10.0 Å². The van der Waals surface area contributed by atoms with E-state index in [2.05, 4.69) is 6.92 Å². The molecule has 1 unspecified atom stereocenters. The lowest BCUT2D eigenvalue weighted by Gasteiger charge is -2.47. The number of nitrogens with zero attached hydrogens (tertiary/aromatic N) is 1. The maximum absolute atomic E-state index is 13.9. The molecule has 1 saturated carbocycles. The highest BCUT2D eigenvalue weighted by atomic mass is 19.1. The molecule has 1 aromatic carbocycles.